The summed E-state index contributed by atoms with van der Waals surface area (Å²) >= 11 is 25.4. The summed E-state index contributed by atoms with van der Waals surface area (Å²) in [4.78, 5) is 25.5. The van der Waals surface area contributed by atoms with Gasteiger partial charge in [-0.3, -0.25) is 9.59 Å². The summed E-state index contributed by atoms with van der Waals surface area (Å²) in [5.41, 5.74) is 0.874. The Balaban J connectivity index is 1.74. The van der Waals surface area contributed by atoms with E-state index in [2.05, 4.69) is 34.7 Å². The first-order valence-corrected chi connectivity index (χ1v) is 13.7. The summed E-state index contributed by atoms with van der Waals surface area (Å²) in [7, 11) is 0. The number of amides is 2. The van der Waals surface area contributed by atoms with Crippen molar-refractivity contribution in [2.75, 3.05) is 11.1 Å². The van der Waals surface area contributed by atoms with E-state index >= 15 is 0 Å². The largest absolute Gasteiger partial charge is 0.342 e. The minimum absolute atomic E-state index is 0.111. The number of carbonyl (C=O) groups is 2. The molecule has 1 atom stereocenters. The van der Waals surface area contributed by atoms with Crippen molar-refractivity contribution in [3.05, 3.63) is 67.9 Å². The molecule has 3 rings (SSSR count). The molecular formula is C24H25Cl4N5O2S. The first kappa shape index (κ1) is 28.6. The van der Waals surface area contributed by atoms with E-state index in [-0.39, 0.29) is 28.5 Å². The van der Waals surface area contributed by atoms with E-state index in [1.54, 1.807) is 30.3 Å². The molecule has 36 heavy (non-hydrogen) atoms. The topological polar surface area (TPSA) is 88.9 Å². The summed E-state index contributed by atoms with van der Waals surface area (Å²) in [5, 5.41) is 16.5. The first-order valence-electron chi connectivity index (χ1n) is 11.2. The van der Waals surface area contributed by atoms with Crippen molar-refractivity contribution >= 4 is 75.7 Å². The van der Waals surface area contributed by atoms with E-state index in [1.165, 1.54) is 17.8 Å². The number of thioether (sulfide) groups is 1. The van der Waals surface area contributed by atoms with Crippen molar-refractivity contribution in [1.82, 2.24) is 20.1 Å². The SMILES string of the molecule is CCn1c(SCC(=O)Nc2ccc(Cl)c(Cl)c2)nnc1[C@H](CC(C)C)NC(=O)c1ccc(Cl)cc1Cl. The molecule has 0 aliphatic carbocycles. The van der Waals surface area contributed by atoms with Crippen LogP contribution in [0.25, 0.3) is 0 Å². The predicted octanol–water partition coefficient (Wildman–Crippen LogP) is 7.16. The Kier molecular flexibility index (Phi) is 10.3. The number of halogens is 4. The fourth-order valence-corrected chi connectivity index (χ4v) is 5.07. The zero-order valence-electron chi connectivity index (χ0n) is 19.8. The maximum Gasteiger partial charge on any atom is 0.253 e. The number of benzene rings is 2. The van der Waals surface area contributed by atoms with Gasteiger partial charge in [-0.25, -0.2) is 0 Å². The molecule has 2 aromatic carbocycles. The van der Waals surface area contributed by atoms with E-state index in [1.807, 2.05) is 11.5 Å². The van der Waals surface area contributed by atoms with Crippen molar-refractivity contribution in [2.45, 2.75) is 44.9 Å². The Morgan fingerprint density at radius 3 is 2.39 bits per heavy atom. The zero-order chi connectivity index (χ0) is 26.4. The van der Waals surface area contributed by atoms with Gasteiger partial charge in [0, 0.05) is 17.3 Å². The second-order valence-corrected chi connectivity index (χ2v) is 10.9. The first-order chi connectivity index (χ1) is 17.1. The predicted molar refractivity (Wildman–Crippen MR) is 148 cm³/mol. The van der Waals surface area contributed by atoms with Crippen LogP contribution in [0.1, 0.15) is 49.4 Å². The molecule has 0 spiro atoms. The van der Waals surface area contributed by atoms with Gasteiger partial charge in [0.15, 0.2) is 11.0 Å². The van der Waals surface area contributed by atoms with Gasteiger partial charge in [-0.1, -0.05) is 72.0 Å². The normalized spacial score (nSPS) is 12.0. The molecule has 0 bridgehead atoms. The van der Waals surface area contributed by atoms with Crippen molar-refractivity contribution in [3.63, 3.8) is 0 Å². The van der Waals surface area contributed by atoms with Crippen LogP contribution in [0.15, 0.2) is 41.6 Å². The molecule has 0 saturated carbocycles. The minimum atomic E-state index is -0.406. The number of nitrogens with one attached hydrogen (secondary N) is 2. The highest BCUT2D eigenvalue weighted by Gasteiger charge is 2.25. The monoisotopic (exact) mass is 587 g/mol. The third kappa shape index (κ3) is 7.52. The average molecular weight is 589 g/mol. The van der Waals surface area contributed by atoms with Crippen LogP contribution in [-0.2, 0) is 11.3 Å². The van der Waals surface area contributed by atoms with Crippen molar-refractivity contribution < 1.29 is 9.59 Å². The fraction of sp³-hybridized carbons (Fsp3) is 0.333. The van der Waals surface area contributed by atoms with Gasteiger partial charge in [0.05, 0.1) is 32.4 Å². The van der Waals surface area contributed by atoms with Gasteiger partial charge in [0.1, 0.15) is 0 Å². The Bertz CT molecular complexity index is 1250. The van der Waals surface area contributed by atoms with Gasteiger partial charge in [0.25, 0.3) is 5.91 Å². The molecule has 0 aliphatic rings. The Hall–Kier alpha value is -1.97. The molecule has 7 nitrogen and oxygen atoms in total. The van der Waals surface area contributed by atoms with Gasteiger partial charge in [0.2, 0.25) is 5.91 Å². The summed E-state index contributed by atoms with van der Waals surface area (Å²) in [6.45, 7) is 6.64. The molecule has 0 saturated heterocycles. The highest BCUT2D eigenvalue weighted by atomic mass is 35.5. The van der Waals surface area contributed by atoms with Crippen LogP contribution in [0.3, 0.4) is 0 Å². The van der Waals surface area contributed by atoms with Crippen LogP contribution in [0.4, 0.5) is 5.69 Å². The van der Waals surface area contributed by atoms with Crippen LogP contribution in [0.5, 0.6) is 0 Å². The lowest BCUT2D eigenvalue weighted by Gasteiger charge is -2.21. The second-order valence-electron chi connectivity index (χ2n) is 8.33. The quantitative estimate of drug-likeness (QED) is 0.245. The lowest BCUT2D eigenvalue weighted by Crippen LogP contribution is -2.31. The van der Waals surface area contributed by atoms with Gasteiger partial charge in [-0.15, -0.1) is 10.2 Å². The highest BCUT2D eigenvalue weighted by molar-refractivity contribution is 7.99. The summed E-state index contributed by atoms with van der Waals surface area (Å²) in [5.74, 6) is 0.432. The molecule has 192 valence electrons. The molecule has 1 heterocycles. The number of carbonyl (C=O) groups excluding carboxylic acids is 2. The maximum absolute atomic E-state index is 13.0. The van der Waals surface area contributed by atoms with E-state index in [9.17, 15) is 9.59 Å². The number of anilines is 1. The van der Waals surface area contributed by atoms with Gasteiger partial charge in [-0.2, -0.15) is 0 Å². The summed E-state index contributed by atoms with van der Waals surface area (Å²) < 4.78 is 1.90. The van der Waals surface area contributed by atoms with Crippen LogP contribution >= 0.6 is 58.2 Å². The number of hydrogen-bond donors (Lipinski definition) is 2. The van der Waals surface area contributed by atoms with Crippen molar-refractivity contribution in [2.24, 2.45) is 5.92 Å². The molecule has 1 aromatic heterocycles. The van der Waals surface area contributed by atoms with Gasteiger partial charge >= 0.3 is 0 Å². The second kappa shape index (κ2) is 13.0. The van der Waals surface area contributed by atoms with E-state index in [0.717, 1.165) is 0 Å². The standard InChI is InChI=1S/C24H25Cl4N5O2S/c1-4-33-22(20(9-13(2)3)30-23(35)16-7-5-14(25)10-18(16)27)31-32-24(33)36-12-21(34)29-15-6-8-17(26)19(28)11-15/h5-8,10-11,13,20H,4,9,12H2,1-3H3,(H,29,34)(H,30,35)/t20-/m0/s1. The third-order valence-electron chi connectivity index (χ3n) is 5.10. The molecule has 0 radical (unpaired) electrons. The molecule has 2 amide bonds. The highest BCUT2D eigenvalue weighted by Crippen LogP contribution is 2.28. The van der Waals surface area contributed by atoms with E-state index in [4.69, 9.17) is 46.4 Å². The average Bonchev–Trinajstić information content (AvgIpc) is 3.22. The minimum Gasteiger partial charge on any atom is -0.342 e. The smallest absolute Gasteiger partial charge is 0.253 e. The Morgan fingerprint density at radius 2 is 1.75 bits per heavy atom. The van der Waals surface area contributed by atoms with E-state index < -0.39 is 6.04 Å². The number of nitrogens with zero attached hydrogens (tertiary/aromatic N) is 3. The molecule has 3 aromatic rings. The van der Waals surface area contributed by atoms with E-state index in [0.29, 0.717) is 50.3 Å². The lowest BCUT2D eigenvalue weighted by atomic mass is 10.0. The molecule has 0 unspecified atom stereocenters. The Labute approximate surface area is 234 Å². The molecule has 2 N–H and O–H groups in total. The van der Waals surface area contributed by atoms with Gasteiger partial charge in [-0.05, 0) is 55.7 Å². The van der Waals surface area contributed by atoms with Crippen LogP contribution < -0.4 is 10.6 Å². The molecule has 0 fully saturated rings. The lowest BCUT2D eigenvalue weighted by molar-refractivity contribution is -0.113. The maximum atomic E-state index is 13.0. The van der Waals surface area contributed by atoms with Gasteiger partial charge < -0.3 is 15.2 Å². The number of hydrogen-bond acceptors (Lipinski definition) is 5. The summed E-state index contributed by atoms with van der Waals surface area (Å²) in [6, 6.07) is 9.21. The van der Waals surface area contributed by atoms with Crippen LogP contribution in [0, 0.1) is 5.92 Å². The molecule has 12 heteroatoms. The Morgan fingerprint density at radius 1 is 1.00 bits per heavy atom. The van der Waals surface area contributed by atoms with Crippen LogP contribution in [-0.4, -0.2) is 32.3 Å². The number of rotatable bonds is 10. The fourth-order valence-electron chi connectivity index (χ4n) is 3.47. The van der Waals surface area contributed by atoms with Crippen molar-refractivity contribution in [1.29, 1.82) is 0 Å². The van der Waals surface area contributed by atoms with Crippen molar-refractivity contribution in [3.8, 4) is 0 Å². The zero-order valence-corrected chi connectivity index (χ0v) is 23.7. The third-order valence-corrected chi connectivity index (χ3v) is 7.35. The molecule has 0 aliphatic heterocycles. The summed E-state index contributed by atoms with van der Waals surface area (Å²) in [6.07, 6.45) is 0.636. The van der Waals surface area contributed by atoms with Crippen LogP contribution in [0.2, 0.25) is 20.1 Å². The number of aromatic nitrogens is 3. The molecular weight excluding hydrogens is 564 g/mol.